The molecule has 0 unspecified atom stereocenters. The summed E-state index contributed by atoms with van der Waals surface area (Å²) in [7, 11) is 0. The van der Waals surface area contributed by atoms with E-state index in [0.29, 0.717) is 51.4 Å². The Morgan fingerprint density at radius 3 is 1.72 bits per heavy atom. The molecule has 11 aliphatic rings. The predicted molar refractivity (Wildman–Crippen MR) is 305 cm³/mol. The Labute approximate surface area is 532 Å². The first kappa shape index (κ1) is 71.4. The molecule has 0 bridgehead atoms. The quantitative estimate of drug-likeness (QED) is 0.0415. The summed E-state index contributed by atoms with van der Waals surface area (Å²) < 4.78 is 71.7. The van der Waals surface area contributed by atoms with E-state index in [0.717, 1.165) is 5.57 Å². The summed E-state index contributed by atoms with van der Waals surface area (Å²) >= 11 is 0. The average Bonchev–Trinajstić information content (AvgIpc) is 0.734. The minimum absolute atomic E-state index is 0.0963. The van der Waals surface area contributed by atoms with Crippen molar-refractivity contribution in [3.8, 4) is 0 Å². The van der Waals surface area contributed by atoms with Crippen LogP contribution in [0.3, 0.4) is 0 Å². The Morgan fingerprint density at radius 1 is 0.543 bits per heavy atom. The van der Waals surface area contributed by atoms with Crippen LogP contribution in [0.5, 0.6) is 0 Å². The Balaban J connectivity index is 0.828. The first-order chi connectivity index (χ1) is 43.2. The van der Waals surface area contributed by atoms with Gasteiger partial charge in [-0.15, -0.1) is 0 Å². The molecular formula is C62H100O30. The van der Waals surface area contributed by atoms with Crippen molar-refractivity contribution in [2.24, 2.45) is 50.2 Å². The van der Waals surface area contributed by atoms with Crippen molar-refractivity contribution in [3.63, 3.8) is 0 Å². The molecule has 92 heavy (non-hydrogen) atoms. The van der Waals surface area contributed by atoms with Crippen molar-refractivity contribution in [1.29, 1.82) is 0 Å². The minimum Gasteiger partial charge on any atom is -0.432 e. The minimum atomic E-state index is -2.18. The molecule has 30 heteroatoms. The summed E-state index contributed by atoms with van der Waals surface area (Å²) in [6.07, 6.45) is -35.6. The smallest absolute Gasteiger partial charge is 0.315 e. The molecule has 6 aliphatic heterocycles. The zero-order chi connectivity index (χ0) is 66.9. The van der Waals surface area contributed by atoms with E-state index in [1.165, 1.54) is 6.92 Å². The average molecular weight is 1330 g/mol. The lowest BCUT2D eigenvalue weighted by Gasteiger charge is -2.72. The third-order valence-electron chi connectivity index (χ3n) is 24.3. The van der Waals surface area contributed by atoms with Gasteiger partial charge < -0.3 is 144 Å². The van der Waals surface area contributed by atoms with Gasteiger partial charge in [0, 0.05) is 5.41 Å². The number of aliphatic hydroxyl groups is 17. The Morgan fingerprint density at radius 2 is 1.11 bits per heavy atom. The zero-order valence-corrected chi connectivity index (χ0v) is 53.0. The van der Waals surface area contributed by atoms with Gasteiger partial charge in [0.1, 0.15) is 103 Å². The fourth-order valence-corrected chi connectivity index (χ4v) is 18.5. The van der Waals surface area contributed by atoms with Crippen molar-refractivity contribution in [3.05, 3.63) is 11.6 Å². The second-order valence-corrected chi connectivity index (χ2v) is 30.2. The molecule has 5 aliphatic carbocycles. The van der Waals surface area contributed by atoms with Crippen LogP contribution < -0.4 is 0 Å². The highest BCUT2D eigenvalue weighted by Gasteiger charge is 2.72. The molecule has 0 aromatic carbocycles. The number of hydrogen-bond donors (Lipinski definition) is 17. The molecule has 17 N–H and O–H groups in total. The lowest BCUT2D eigenvalue weighted by molar-refractivity contribution is -0.381. The number of carbonyl (C=O) groups is 1. The molecule has 0 aromatic rings. The number of carbonyl (C=O) groups excluding carboxylic acids is 1. The van der Waals surface area contributed by atoms with Gasteiger partial charge in [0.15, 0.2) is 37.6 Å². The summed E-state index contributed by atoms with van der Waals surface area (Å²) in [6, 6.07) is 0. The van der Waals surface area contributed by atoms with Gasteiger partial charge in [-0.1, -0.05) is 53.2 Å². The summed E-state index contributed by atoms with van der Waals surface area (Å²) in [6.45, 7) is 10.2. The van der Waals surface area contributed by atoms with Crippen LogP contribution in [0, 0.1) is 50.2 Å². The van der Waals surface area contributed by atoms with Gasteiger partial charge in [0.2, 0.25) is 6.29 Å². The third-order valence-corrected chi connectivity index (χ3v) is 24.3. The molecule has 30 nitrogen and oxygen atoms in total. The lowest BCUT2D eigenvalue weighted by Crippen LogP contribution is -2.70. The van der Waals surface area contributed by atoms with Gasteiger partial charge in [-0.05, 0) is 104 Å². The van der Waals surface area contributed by atoms with E-state index in [1.54, 1.807) is 0 Å². The van der Waals surface area contributed by atoms with E-state index in [-0.39, 0.29) is 29.6 Å². The first-order valence-electron chi connectivity index (χ1n) is 32.5. The van der Waals surface area contributed by atoms with Gasteiger partial charge >= 0.3 is 5.97 Å². The van der Waals surface area contributed by atoms with Gasteiger partial charge in [-0.3, -0.25) is 4.79 Å². The van der Waals surface area contributed by atoms with Crippen LogP contribution in [-0.4, -0.2) is 304 Å². The van der Waals surface area contributed by atoms with Crippen LogP contribution in [0.2, 0.25) is 0 Å². The molecule has 10 fully saturated rings. The van der Waals surface area contributed by atoms with Gasteiger partial charge in [-0.2, -0.15) is 0 Å². The number of rotatable bonds is 15. The molecule has 6 heterocycles. The fraction of sp³-hybridized carbons (Fsp3) is 0.952. The summed E-state index contributed by atoms with van der Waals surface area (Å²) in [5, 5.41) is 187. The van der Waals surface area contributed by atoms with Gasteiger partial charge in [0.05, 0.1) is 70.0 Å². The maximum absolute atomic E-state index is 15.6. The van der Waals surface area contributed by atoms with Gasteiger partial charge in [0.25, 0.3) is 0 Å². The van der Waals surface area contributed by atoms with E-state index in [9.17, 15) is 86.8 Å². The highest BCUT2D eigenvalue weighted by atomic mass is 16.8. The summed E-state index contributed by atoms with van der Waals surface area (Å²) in [4.78, 5) is 15.6. The van der Waals surface area contributed by atoms with Crippen molar-refractivity contribution < 1.29 is 148 Å². The number of allylic oxidation sites excluding steroid dienone is 2. The molecule has 0 amide bonds. The normalized spacial score (nSPS) is 55.3. The Bertz CT molecular complexity index is 2610. The monoisotopic (exact) mass is 1320 g/mol. The van der Waals surface area contributed by atoms with Crippen LogP contribution in [0.15, 0.2) is 11.6 Å². The topological polar surface area (TPSA) is 472 Å². The molecular weight excluding hydrogens is 1220 g/mol. The number of fused-ring (bicyclic) bond motifs is 7. The molecule has 35 atom stereocenters. The highest BCUT2D eigenvalue weighted by Crippen LogP contribution is 2.76. The van der Waals surface area contributed by atoms with E-state index in [4.69, 9.17) is 56.8 Å². The maximum Gasteiger partial charge on any atom is 0.315 e. The summed E-state index contributed by atoms with van der Waals surface area (Å²) in [5.41, 5.74) is -5.28. The van der Waals surface area contributed by atoms with Gasteiger partial charge in [-0.25, -0.2) is 0 Å². The fourth-order valence-electron chi connectivity index (χ4n) is 18.5. The molecule has 6 saturated heterocycles. The van der Waals surface area contributed by atoms with Crippen molar-refractivity contribution in [2.45, 2.75) is 272 Å². The lowest BCUT2D eigenvalue weighted by atomic mass is 9.33. The van der Waals surface area contributed by atoms with Crippen molar-refractivity contribution in [1.82, 2.24) is 0 Å². The van der Waals surface area contributed by atoms with Crippen LogP contribution in [0.4, 0.5) is 0 Å². The second kappa shape index (κ2) is 26.3. The number of esters is 1. The molecule has 528 valence electrons. The van der Waals surface area contributed by atoms with E-state index in [2.05, 4.69) is 40.7 Å². The van der Waals surface area contributed by atoms with Crippen molar-refractivity contribution >= 4 is 5.97 Å². The molecule has 0 radical (unpaired) electrons. The number of aliphatic hydroxyl groups excluding tert-OH is 16. The number of hydrogen-bond acceptors (Lipinski definition) is 30. The summed E-state index contributed by atoms with van der Waals surface area (Å²) in [5.74, 6) is -1.40. The Kier molecular flexibility index (Phi) is 20.4. The molecule has 0 spiro atoms. The zero-order valence-electron chi connectivity index (χ0n) is 53.0. The highest BCUT2D eigenvalue weighted by molar-refractivity contribution is 5.79. The standard InChI is InChI=1S/C62H100O30/c1-25-43(87-49-39(74)35(70)29(67)19-81-49)45(89-54-47(78)62(80,23-65)24-84-54)42(77)51(85-25)90-46-37(72)31(69)21-83-53(46)92-55(79)61-14-12-56(2,3)16-27(61)26-8-9-34-57(4)17-28(66)48(58(5,22-64)33(57)10-11-60(34,7)59(26,6)13-15-61)91-52-41(76)44(38(73)32(18-63)86-52)88-50-40(75)36(71)30(68)20-82-50/h8,25,27-54,63-78,80H,9-24H2,1-7H3/t25-,27-,28-,29+,30+,31-,32+,33-,34-,35-,36-,37-,38+,39+,40+,41+,42+,43-,44-,45-,46+,47-,48-,49-,50-,51-,52-,53-,54-,57-,58-,59+,60+,61-,62+/m0/s1. The van der Waals surface area contributed by atoms with Crippen molar-refractivity contribution in [2.75, 3.05) is 46.2 Å². The van der Waals surface area contributed by atoms with E-state index in [1.807, 2.05) is 6.92 Å². The molecule has 11 rings (SSSR count). The molecule has 4 saturated carbocycles. The molecule has 0 aromatic heterocycles. The maximum atomic E-state index is 15.6. The SMILES string of the molecule is C[C@@H]1O[C@@H](O[C@H]2[C@H](OC(=O)[C@]34CCC(C)(C)C[C@H]3C3=CC[C@H]5[C@@]6(C)C[C@H](O)[C@H](O[C@@H]7O[C@H](CO)[C@@H](O)[C@H](O[C@@H]8OC[C@@H](O)[C@H](O)[C@H]8O)[C@H]7O)[C@@](C)(CO)[C@H]6CC[C@@]5(C)[C@]3(C)CC4)OC[C@H](O)[C@@H]2O)[C@H](O)[C@H](O[C@@H]2OC[C@](O)(CO)[C@H]2O)[C@H]1O[C@@H]1OC[C@@H](O)[C@H](O)[C@H]1O. The van der Waals surface area contributed by atoms with Crippen LogP contribution in [-0.2, 0) is 61.6 Å². The van der Waals surface area contributed by atoms with Crippen LogP contribution >= 0.6 is 0 Å². The van der Waals surface area contributed by atoms with E-state index >= 15 is 4.79 Å². The third kappa shape index (κ3) is 11.9. The largest absolute Gasteiger partial charge is 0.432 e. The predicted octanol–water partition coefficient (Wildman–Crippen LogP) is -4.86. The number of ether oxygens (including phenoxy) is 12. The van der Waals surface area contributed by atoms with Crippen LogP contribution in [0.25, 0.3) is 0 Å². The second-order valence-electron chi connectivity index (χ2n) is 30.2. The Hall–Kier alpha value is -1.91. The first-order valence-corrected chi connectivity index (χ1v) is 32.5. The van der Waals surface area contributed by atoms with Crippen LogP contribution in [0.1, 0.15) is 106 Å². The van der Waals surface area contributed by atoms with E-state index < -0.39 is 245 Å².